The number of methoxy groups -OCH3 is 2. The van der Waals surface area contributed by atoms with Crippen LogP contribution in [0.25, 0.3) is 5.69 Å². The van der Waals surface area contributed by atoms with E-state index in [1.807, 2.05) is 6.92 Å². The third-order valence-corrected chi connectivity index (χ3v) is 4.85. The van der Waals surface area contributed by atoms with E-state index in [4.69, 9.17) is 14.2 Å². The van der Waals surface area contributed by atoms with Crippen molar-refractivity contribution in [3.63, 3.8) is 0 Å². The van der Waals surface area contributed by atoms with Crippen molar-refractivity contribution in [1.29, 1.82) is 0 Å². The highest BCUT2D eigenvalue weighted by Gasteiger charge is 2.22. The van der Waals surface area contributed by atoms with E-state index in [1.54, 1.807) is 18.2 Å². The number of rotatable bonds is 8. The highest BCUT2D eigenvalue weighted by atomic mass is 16.5. The summed E-state index contributed by atoms with van der Waals surface area (Å²) in [5, 5.41) is 6.77. The van der Waals surface area contributed by atoms with Crippen molar-refractivity contribution in [2.24, 2.45) is 0 Å². The molecule has 0 spiro atoms. The fraction of sp³-hybridized carbons (Fsp3) is 0.500. The van der Waals surface area contributed by atoms with Crippen molar-refractivity contribution in [3.05, 3.63) is 44.7 Å². The molecule has 1 N–H and O–H groups in total. The maximum atomic E-state index is 12.9. The summed E-state index contributed by atoms with van der Waals surface area (Å²) >= 11 is 0. The first-order chi connectivity index (χ1) is 14.5. The van der Waals surface area contributed by atoms with Gasteiger partial charge in [0.25, 0.3) is 11.5 Å². The number of carbonyl (C=O) groups is 1. The number of nitrogens with one attached hydrogen (secondary N) is 1. The van der Waals surface area contributed by atoms with E-state index in [2.05, 4.69) is 10.4 Å². The minimum Gasteiger partial charge on any atom is -0.493 e. The molecule has 0 bridgehead atoms. The van der Waals surface area contributed by atoms with Crippen molar-refractivity contribution in [1.82, 2.24) is 19.7 Å². The third kappa shape index (κ3) is 4.38. The summed E-state index contributed by atoms with van der Waals surface area (Å²) in [5.74, 6) is 0.224. The average molecular weight is 418 g/mol. The van der Waals surface area contributed by atoms with Crippen LogP contribution in [0.15, 0.2) is 27.8 Å². The van der Waals surface area contributed by atoms with Crippen LogP contribution >= 0.6 is 0 Å². The molecule has 2 aromatic rings. The molecule has 1 atom stereocenters. The molecule has 1 aliphatic heterocycles. The fourth-order valence-electron chi connectivity index (χ4n) is 3.30. The second kappa shape index (κ2) is 9.57. The number of amides is 1. The monoisotopic (exact) mass is 418 g/mol. The van der Waals surface area contributed by atoms with Crippen molar-refractivity contribution >= 4 is 5.91 Å². The fourth-order valence-corrected chi connectivity index (χ4v) is 3.30. The van der Waals surface area contributed by atoms with Crippen LogP contribution in [0.1, 0.15) is 36.7 Å². The lowest BCUT2D eigenvalue weighted by Crippen LogP contribution is -2.46. The van der Waals surface area contributed by atoms with Crippen LogP contribution in [0.3, 0.4) is 0 Å². The summed E-state index contributed by atoms with van der Waals surface area (Å²) in [6.45, 7) is 2.94. The Morgan fingerprint density at radius 3 is 2.67 bits per heavy atom. The smallest absolute Gasteiger partial charge is 0.352 e. The molecule has 0 saturated carbocycles. The Morgan fingerprint density at radius 1 is 1.27 bits per heavy atom. The van der Waals surface area contributed by atoms with Crippen LogP contribution in [0, 0.1) is 0 Å². The number of hydrogen-bond donors (Lipinski definition) is 1. The van der Waals surface area contributed by atoms with Crippen molar-refractivity contribution in [3.8, 4) is 17.2 Å². The van der Waals surface area contributed by atoms with E-state index in [0.29, 0.717) is 30.2 Å². The Labute approximate surface area is 173 Å². The predicted octanol–water partition coefficient (Wildman–Crippen LogP) is 0.730. The van der Waals surface area contributed by atoms with E-state index in [-0.39, 0.29) is 24.9 Å². The molecule has 1 fully saturated rings. The molecular formula is C20H26N4O6. The molecule has 1 aliphatic rings. The largest absolute Gasteiger partial charge is 0.493 e. The number of ether oxygens (including phenoxy) is 3. The Balaban J connectivity index is 2.03. The van der Waals surface area contributed by atoms with Gasteiger partial charge in [-0.15, -0.1) is 0 Å². The minimum absolute atomic E-state index is 0.0800. The molecule has 0 radical (unpaired) electrons. The van der Waals surface area contributed by atoms with Gasteiger partial charge < -0.3 is 19.5 Å². The lowest BCUT2D eigenvalue weighted by Gasteiger charge is -2.14. The highest BCUT2D eigenvalue weighted by Crippen LogP contribution is 2.28. The zero-order valence-electron chi connectivity index (χ0n) is 17.3. The second-order valence-corrected chi connectivity index (χ2v) is 6.88. The van der Waals surface area contributed by atoms with Gasteiger partial charge in [-0.1, -0.05) is 6.92 Å². The molecule has 1 aromatic heterocycles. The van der Waals surface area contributed by atoms with Gasteiger partial charge in [0.1, 0.15) is 0 Å². The summed E-state index contributed by atoms with van der Waals surface area (Å²) < 4.78 is 18.0. The van der Waals surface area contributed by atoms with Gasteiger partial charge in [0.05, 0.1) is 26.0 Å². The zero-order valence-corrected chi connectivity index (χ0v) is 17.3. The lowest BCUT2D eigenvalue weighted by atomic mass is 10.2. The highest BCUT2D eigenvalue weighted by molar-refractivity contribution is 5.91. The molecule has 2 heterocycles. The third-order valence-electron chi connectivity index (χ3n) is 4.85. The molecule has 10 nitrogen and oxygen atoms in total. The van der Waals surface area contributed by atoms with Crippen LogP contribution in [-0.4, -0.2) is 53.7 Å². The Hall–Kier alpha value is -3.14. The zero-order chi connectivity index (χ0) is 21.7. The standard InChI is InChI=1S/C20H26N4O6/c1-4-9-23-19(26)17(18(25)21-12-14-6-5-10-30-14)22-24(20(23)27)13-7-8-15(28-2)16(11-13)29-3/h7-8,11,14H,4-6,9-10,12H2,1-3H3,(H,21,25). The molecular weight excluding hydrogens is 392 g/mol. The molecule has 10 heteroatoms. The van der Waals surface area contributed by atoms with Gasteiger partial charge in [0, 0.05) is 25.8 Å². The summed E-state index contributed by atoms with van der Waals surface area (Å²) in [4.78, 5) is 38.4. The summed E-state index contributed by atoms with van der Waals surface area (Å²) in [7, 11) is 2.97. The van der Waals surface area contributed by atoms with Crippen molar-refractivity contribution < 1.29 is 19.0 Å². The molecule has 0 aliphatic carbocycles. The molecule has 1 unspecified atom stereocenters. The van der Waals surface area contributed by atoms with Crippen molar-refractivity contribution in [2.75, 3.05) is 27.4 Å². The molecule has 1 aromatic carbocycles. The Morgan fingerprint density at radius 2 is 2.03 bits per heavy atom. The summed E-state index contributed by atoms with van der Waals surface area (Å²) in [5.41, 5.74) is -1.36. The van der Waals surface area contributed by atoms with Gasteiger partial charge in [-0.25, -0.2) is 4.79 Å². The van der Waals surface area contributed by atoms with E-state index in [0.717, 1.165) is 22.1 Å². The molecule has 30 heavy (non-hydrogen) atoms. The predicted molar refractivity (Wildman–Crippen MR) is 109 cm³/mol. The Kier molecular flexibility index (Phi) is 6.88. The van der Waals surface area contributed by atoms with E-state index in [9.17, 15) is 14.4 Å². The molecule has 1 amide bonds. The van der Waals surface area contributed by atoms with Gasteiger partial charge >= 0.3 is 5.69 Å². The van der Waals surface area contributed by atoms with E-state index in [1.165, 1.54) is 14.2 Å². The lowest BCUT2D eigenvalue weighted by molar-refractivity contribution is 0.0849. The van der Waals surface area contributed by atoms with Crippen molar-refractivity contribution in [2.45, 2.75) is 38.8 Å². The van der Waals surface area contributed by atoms with Gasteiger partial charge in [0.2, 0.25) is 5.69 Å². The first kappa shape index (κ1) is 21.6. The van der Waals surface area contributed by atoms with Gasteiger partial charge in [0.15, 0.2) is 11.5 Å². The number of aromatic nitrogens is 3. The first-order valence-electron chi connectivity index (χ1n) is 9.86. The topological polar surface area (TPSA) is 114 Å². The quantitative estimate of drug-likeness (QED) is 0.672. The SMILES string of the molecule is CCCn1c(=O)c(C(=O)NCC2CCCO2)nn(-c2ccc(OC)c(OC)c2)c1=O. The number of carbonyl (C=O) groups excluding carboxylic acids is 1. The Bertz CT molecular complexity index is 1020. The van der Waals surface area contributed by atoms with Crippen LogP contribution < -0.4 is 26.0 Å². The van der Waals surface area contributed by atoms with E-state index < -0.39 is 17.2 Å². The second-order valence-electron chi connectivity index (χ2n) is 6.88. The minimum atomic E-state index is -0.719. The van der Waals surface area contributed by atoms with Crippen LogP contribution in [0.4, 0.5) is 0 Å². The molecule has 162 valence electrons. The maximum Gasteiger partial charge on any atom is 0.352 e. The number of nitrogens with zero attached hydrogens (tertiary/aromatic N) is 3. The normalized spacial score (nSPS) is 15.8. The summed E-state index contributed by atoms with van der Waals surface area (Å²) in [6.07, 6.45) is 2.25. The van der Waals surface area contributed by atoms with Crippen LogP contribution in [-0.2, 0) is 11.3 Å². The number of hydrogen-bond acceptors (Lipinski definition) is 7. The van der Waals surface area contributed by atoms with E-state index >= 15 is 0 Å². The first-order valence-corrected chi connectivity index (χ1v) is 9.86. The maximum absolute atomic E-state index is 12.9. The summed E-state index contributed by atoms with van der Waals surface area (Å²) in [6, 6.07) is 4.78. The van der Waals surface area contributed by atoms with Gasteiger partial charge in [-0.2, -0.15) is 9.78 Å². The van der Waals surface area contributed by atoms with Crippen LogP contribution in [0.2, 0.25) is 0 Å². The molecule has 1 saturated heterocycles. The average Bonchev–Trinajstić information content (AvgIpc) is 3.28. The molecule has 3 rings (SSSR count). The van der Waals surface area contributed by atoms with Gasteiger partial charge in [-0.3, -0.25) is 14.2 Å². The van der Waals surface area contributed by atoms with Gasteiger partial charge in [-0.05, 0) is 31.4 Å². The number of benzene rings is 1. The van der Waals surface area contributed by atoms with Crippen LogP contribution in [0.5, 0.6) is 11.5 Å².